The Balaban J connectivity index is 1.41. The maximum absolute atomic E-state index is 12.8. The quantitative estimate of drug-likeness (QED) is 0.398. The number of nitrogens with one attached hydrogen (secondary N) is 1. The molecule has 5 aromatic rings. The highest BCUT2D eigenvalue weighted by Gasteiger charge is 2.16. The summed E-state index contributed by atoms with van der Waals surface area (Å²) in [6, 6.07) is 20.9. The molecule has 0 atom stereocenters. The van der Waals surface area contributed by atoms with Crippen LogP contribution in [0.25, 0.3) is 28.4 Å². The lowest BCUT2D eigenvalue weighted by molar-refractivity contribution is 0.411. The second-order valence-electron chi connectivity index (χ2n) is 7.54. The van der Waals surface area contributed by atoms with E-state index in [-0.39, 0.29) is 4.90 Å². The molecule has 0 saturated carbocycles. The lowest BCUT2D eigenvalue weighted by Crippen LogP contribution is -2.13. The maximum atomic E-state index is 12.8. The van der Waals surface area contributed by atoms with Crippen LogP contribution in [0.1, 0.15) is 5.56 Å². The predicted octanol–water partition coefficient (Wildman–Crippen LogP) is 3.97. The van der Waals surface area contributed by atoms with Gasteiger partial charge in [0.15, 0.2) is 5.65 Å². The fraction of sp³-hybridized carbons (Fsp3) is 0.0833. The molecule has 9 nitrogen and oxygen atoms in total. The number of sulfonamides is 1. The number of pyridine rings is 1. The summed E-state index contributed by atoms with van der Waals surface area (Å²) in [5.41, 5.74) is 3.94. The molecule has 5 rings (SSSR count). The van der Waals surface area contributed by atoms with Crippen molar-refractivity contribution in [3.05, 3.63) is 84.6 Å². The first-order valence-electron chi connectivity index (χ1n) is 10.4. The number of aryl methyl sites for hydroxylation is 1. The van der Waals surface area contributed by atoms with Crippen molar-refractivity contribution in [1.82, 2.24) is 24.8 Å². The molecule has 0 aliphatic rings. The van der Waals surface area contributed by atoms with E-state index >= 15 is 0 Å². The minimum absolute atomic E-state index is 0.164. The van der Waals surface area contributed by atoms with Crippen molar-refractivity contribution >= 4 is 21.4 Å². The van der Waals surface area contributed by atoms with Gasteiger partial charge in [-0.05, 0) is 67.1 Å². The van der Waals surface area contributed by atoms with Gasteiger partial charge in [0.2, 0.25) is 5.82 Å². The number of ether oxygens (including phenoxy) is 1. The number of benzene rings is 2. The van der Waals surface area contributed by atoms with Gasteiger partial charge in [-0.1, -0.05) is 18.2 Å². The van der Waals surface area contributed by atoms with Crippen molar-refractivity contribution in [3.63, 3.8) is 0 Å². The van der Waals surface area contributed by atoms with Crippen LogP contribution in [0.2, 0.25) is 0 Å². The fourth-order valence-corrected chi connectivity index (χ4v) is 4.68. The highest BCUT2D eigenvalue weighted by atomic mass is 32.2. The molecule has 0 aliphatic carbocycles. The minimum Gasteiger partial charge on any atom is -0.496 e. The van der Waals surface area contributed by atoms with Crippen LogP contribution in [0.4, 0.5) is 5.69 Å². The molecule has 0 radical (unpaired) electrons. The molecule has 170 valence electrons. The number of hydrogen-bond donors (Lipinski definition) is 1. The summed E-state index contributed by atoms with van der Waals surface area (Å²) in [7, 11) is -2.20. The van der Waals surface area contributed by atoms with Crippen LogP contribution in [0.3, 0.4) is 0 Å². The summed E-state index contributed by atoms with van der Waals surface area (Å²) in [6.45, 7) is 1.80. The van der Waals surface area contributed by atoms with E-state index in [0.29, 0.717) is 34.3 Å². The minimum atomic E-state index is -3.74. The molecule has 1 N–H and O–H groups in total. The van der Waals surface area contributed by atoms with Crippen LogP contribution in [0.15, 0.2) is 83.9 Å². The molecule has 3 heterocycles. The SMILES string of the molecule is COc1ccc(S(=O)(=O)Nc2ccc(-c3ccc4nnc(-c5ccccn5)n4n3)cc2)cc1C. The second kappa shape index (κ2) is 8.56. The number of hydrogen-bond acceptors (Lipinski definition) is 7. The number of anilines is 1. The molecule has 0 unspecified atom stereocenters. The van der Waals surface area contributed by atoms with Crippen molar-refractivity contribution < 1.29 is 13.2 Å². The monoisotopic (exact) mass is 472 g/mol. The molecule has 0 amide bonds. The summed E-state index contributed by atoms with van der Waals surface area (Å²) in [5, 5.41) is 13.0. The first-order valence-corrected chi connectivity index (χ1v) is 11.8. The molecule has 0 saturated heterocycles. The van der Waals surface area contributed by atoms with E-state index < -0.39 is 10.0 Å². The first-order chi connectivity index (χ1) is 16.4. The van der Waals surface area contributed by atoms with Crippen LogP contribution in [-0.4, -0.2) is 40.3 Å². The summed E-state index contributed by atoms with van der Waals surface area (Å²) in [6.07, 6.45) is 1.69. The van der Waals surface area contributed by atoms with E-state index in [1.165, 1.54) is 6.07 Å². The highest BCUT2D eigenvalue weighted by Crippen LogP contribution is 2.25. The standard InChI is InChI=1S/C24H20N6O3S/c1-16-15-19(10-12-22(16)33-2)34(31,32)29-18-8-6-17(7-9-18)20-11-13-23-26-27-24(30(23)28-20)21-5-3-4-14-25-21/h3-15,29H,1-2H3. The number of nitrogens with zero attached hydrogens (tertiary/aromatic N) is 5. The molecule has 0 spiro atoms. The predicted molar refractivity (Wildman–Crippen MR) is 128 cm³/mol. The second-order valence-corrected chi connectivity index (χ2v) is 9.22. The Morgan fingerprint density at radius 3 is 2.44 bits per heavy atom. The average molecular weight is 473 g/mol. The summed E-state index contributed by atoms with van der Waals surface area (Å²) >= 11 is 0. The normalized spacial score (nSPS) is 11.5. The van der Waals surface area contributed by atoms with Gasteiger partial charge in [-0.3, -0.25) is 9.71 Å². The van der Waals surface area contributed by atoms with Gasteiger partial charge >= 0.3 is 0 Å². The molecule has 0 fully saturated rings. The van der Waals surface area contributed by atoms with E-state index in [1.807, 2.05) is 30.3 Å². The van der Waals surface area contributed by atoms with Gasteiger partial charge in [-0.2, -0.15) is 9.61 Å². The van der Waals surface area contributed by atoms with E-state index in [4.69, 9.17) is 4.74 Å². The number of aromatic nitrogens is 5. The Labute approximate surface area is 196 Å². The third-order valence-corrected chi connectivity index (χ3v) is 6.65. The van der Waals surface area contributed by atoms with Crippen LogP contribution in [-0.2, 0) is 10.0 Å². The van der Waals surface area contributed by atoms with Gasteiger partial charge in [0.1, 0.15) is 11.4 Å². The largest absolute Gasteiger partial charge is 0.496 e. The summed E-state index contributed by atoms with van der Waals surface area (Å²) < 4.78 is 35.1. The molecule has 2 aromatic carbocycles. The van der Waals surface area contributed by atoms with Crippen molar-refractivity contribution in [2.45, 2.75) is 11.8 Å². The Hall–Kier alpha value is -4.31. The number of methoxy groups -OCH3 is 1. The van der Waals surface area contributed by atoms with Crippen molar-refractivity contribution in [2.24, 2.45) is 0 Å². The Bertz CT molecular complexity index is 1580. The average Bonchev–Trinajstić information content (AvgIpc) is 3.28. The lowest BCUT2D eigenvalue weighted by atomic mass is 10.1. The topological polar surface area (TPSA) is 111 Å². The third kappa shape index (κ3) is 4.06. The fourth-order valence-electron chi connectivity index (χ4n) is 3.54. The number of fused-ring (bicyclic) bond motifs is 1. The van der Waals surface area contributed by atoms with E-state index in [9.17, 15) is 8.42 Å². The van der Waals surface area contributed by atoms with Gasteiger partial charge in [-0.25, -0.2) is 8.42 Å². The number of rotatable bonds is 6. The molecular formula is C24H20N6O3S. The van der Waals surface area contributed by atoms with Crippen LogP contribution in [0, 0.1) is 6.92 Å². The van der Waals surface area contributed by atoms with Gasteiger partial charge in [0, 0.05) is 17.4 Å². The van der Waals surface area contributed by atoms with Crippen molar-refractivity contribution in [2.75, 3.05) is 11.8 Å². The van der Waals surface area contributed by atoms with Crippen LogP contribution >= 0.6 is 0 Å². The summed E-state index contributed by atoms with van der Waals surface area (Å²) in [5.74, 6) is 1.17. The Kier molecular flexibility index (Phi) is 5.42. The Morgan fingerprint density at radius 1 is 0.912 bits per heavy atom. The molecular weight excluding hydrogens is 452 g/mol. The van der Waals surface area contributed by atoms with Gasteiger partial charge in [-0.15, -0.1) is 10.2 Å². The van der Waals surface area contributed by atoms with Crippen molar-refractivity contribution in [1.29, 1.82) is 0 Å². The zero-order valence-electron chi connectivity index (χ0n) is 18.4. The smallest absolute Gasteiger partial charge is 0.261 e. The third-order valence-electron chi connectivity index (χ3n) is 5.27. The van der Waals surface area contributed by atoms with E-state index in [0.717, 1.165) is 11.1 Å². The van der Waals surface area contributed by atoms with E-state index in [2.05, 4.69) is 25.0 Å². The molecule has 34 heavy (non-hydrogen) atoms. The summed E-state index contributed by atoms with van der Waals surface area (Å²) in [4.78, 5) is 4.49. The lowest BCUT2D eigenvalue weighted by Gasteiger charge is -2.11. The molecule has 0 bridgehead atoms. The molecule has 0 aliphatic heterocycles. The molecule has 10 heteroatoms. The van der Waals surface area contributed by atoms with Crippen LogP contribution in [0.5, 0.6) is 5.75 Å². The van der Waals surface area contributed by atoms with Crippen LogP contribution < -0.4 is 9.46 Å². The Morgan fingerprint density at radius 2 is 1.74 bits per heavy atom. The van der Waals surface area contributed by atoms with Gasteiger partial charge in [0.05, 0.1) is 17.7 Å². The zero-order valence-corrected chi connectivity index (χ0v) is 19.2. The van der Waals surface area contributed by atoms with Crippen molar-refractivity contribution in [3.8, 4) is 28.5 Å². The van der Waals surface area contributed by atoms with Gasteiger partial charge < -0.3 is 4.74 Å². The maximum Gasteiger partial charge on any atom is 0.261 e. The first kappa shape index (κ1) is 21.5. The molecule has 3 aromatic heterocycles. The van der Waals surface area contributed by atoms with E-state index in [1.54, 1.807) is 61.1 Å². The zero-order chi connectivity index (χ0) is 23.7. The highest BCUT2D eigenvalue weighted by molar-refractivity contribution is 7.92. The van der Waals surface area contributed by atoms with Gasteiger partial charge in [0.25, 0.3) is 10.0 Å².